The minimum absolute atomic E-state index is 0.460. The molecule has 0 bridgehead atoms. The molecule has 19 heavy (non-hydrogen) atoms. The van der Waals surface area contributed by atoms with Crippen LogP contribution in [0.25, 0.3) is 0 Å². The van der Waals surface area contributed by atoms with Crippen LogP contribution in [-0.4, -0.2) is 22.6 Å². The van der Waals surface area contributed by atoms with Crippen molar-refractivity contribution in [1.29, 1.82) is 0 Å². The summed E-state index contributed by atoms with van der Waals surface area (Å²) in [5, 5.41) is 0. The van der Waals surface area contributed by atoms with E-state index < -0.39 is 0 Å². The Hall–Kier alpha value is -1.16. The van der Waals surface area contributed by atoms with Crippen LogP contribution in [0.15, 0.2) is 6.07 Å². The molecule has 0 radical (unpaired) electrons. The molecule has 2 N–H and O–H groups in total. The Morgan fingerprint density at radius 3 is 2.68 bits per heavy atom. The Bertz CT molecular complexity index is 481. The zero-order valence-corrected chi connectivity index (χ0v) is 12.9. The third-order valence-corrected chi connectivity index (χ3v) is 3.81. The van der Waals surface area contributed by atoms with E-state index in [1.165, 1.54) is 31.4 Å². The SMILES string of the molecule is CCCCN(c1cc(C)nc(C)c1C(N)=S)C1CC1. The summed E-state index contributed by atoms with van der Waals surface area (Å²) in [6, 6.07) is 2.80. The molecule has 1 fully saturated rings. The van der Waals surface area contributed by atoms with Crippen molar-refractivity contribution in [1.82, 2.24) is 4.98 Å². The third kappa shape index (κ3) is 3.24. The molecular formula is C15H23N3S. The minimum atomic E-state index is 0.460. The number of thiocarbonyl (C=S) groups is 1. The summed E-state index contributed by atoms with van der Waals surface area (Å²) in [7, 11) is 0. The van der Waals surface area contributed by atoms with Crippen molar-refractivity contribution in [2.75, 3.05) is 11.4 Å². The molecule has 0 aromatic carbocycles. The monoisotopic (exact) mass is 277 g/mol. The average Bonchev–Trinajstić information content (AvgIpc) is 3.12. The molecule has 0 unspecified atom stereocenters. The third-order valence-electron chi connectivity index (χ3n) is 3.60. The first kappa shape index (κ1) is 14.3. The molecule has 1 saturated carbocycles. The first-order valence-electron chi connectivity index (χ1n) is 7.09. The van der Waals surface area contributed by atoms with Crippen molar-refractivity contribution in [2.45, 2.75) is 52.5 Å². The normalized spacial score (nSPS) is 14.5. The van der Waals surface area contributed by atoms with Gasteiger partial charge in [0.15, 0.2) is 0 Å². The summed E-state index contributed by atoms with van der Waals surface area (Å²) >= 11 is 5.23. The lowest BCUT2D eigenvalue weighted by molar-refractivity contribution is 0.711. The number of hydrogen-bond donors (Lipinski definition) is 1. The summed E-state index contributed by atoms with van der Waals surface area (Å²) in [5.41, 5.74) is 10.1. The molecule has 1 aromatic heterocycles. The molecule has 4 heteroatoms. The molecule has 1 heterocycles. The number of rotatable bonds is 6. The van der Waals surface area contributed by atoms with Gasteiger partial charge in [-0.3, -0.25) is 4.98 Å². The predicted octanol–water partition coefficient (Wildman–Crippen LogP) is 3.10. The van der Waals surface area contributed by atoms with Gasteiger partial charge in [0.05, 0.1) is 11.3 Å². The maximum atomic E-state index is 5.92. The van der Waals surface area contributed by atoms with Crippen molar-refractivity contribution in [3.63, 3.8) is 0 Å². The Labute approximate surface area is 121 Å². The number of hydrogen-bond acceptors (Lipinski definition) is 3. The number of nitrogens with two attached hydrogens (primary N) is 1. The van der Waals surface area contributed by atoms with Crippen molar-refractivity contribution in [3.8, 4) is 0 Å². The molecule has 0 atom stereocenters. The molecule has 0 aliphatic heterocycles. The van der Waals surface area contributed by atoms with Crippen LogP contribution in [0.5, 0.6) is 0 Å². The Morgan fingerprint density at radius 1 is 1.47 bits per heavy atom. The second-order valence-electron chi connectivity index (χ2n) is 5.39. The molecule has 0 spiro atoms. The highest BCUT2D eigenvalue weighted by Gasteiger charge is 2.31. The molecule has 3 nitrogen and oxygen atoms in total. The van der Waals surface area contributed by atoms with E-state index in [-0.39, 0.29) is 0 Å². The molecule has 1 aromatic rings. The molecule has 1 aliphatic rings. The lowest BCUT2D eigenvalue weighted by Crippen LogP contribution is -2.30. The summed E-state index contributed by atoms with van der Waals surface area (Å²) in [6.07, 6.45) is 4.96. The first-order valence-corrected chi connectivity index (χ1v) is 7.50. The van der Waals surface area contributed by atoms with Crippen molar-refractivity contribution in [3.05, 3.63) is 23.0 Å². The maximum Gasteiger partial charge on any atom is 0.107 e. The van der Waals surface area contributed by atoms with E-state index in [4.69, 9.17) is 18.0 Å². The topological polar surface area (TPSA) is 42.2 Å². The van der Waals surface area contributed by atoms with E-state index in [1.54, 1.807) is 0 Å². The van der Waals surface area contributed by atoms with Crippen LogP contribution in [0.4, 0.5) is 5.69 Å². The number of nitrogens with zero attached hydrogens (tertiary/aromatic N) is 2. The van der Waals surface area contributed by atoms with Crippen LogP contribution >= 0.6 is 12.2 Å². The summed E-state index contributed by atoms with van der Waals surface area (Å²) < 4.78 is 0. The van der Waals surface area contributed by atoms with Crippen LogP contribution in [0.3, 0.4) is 0 Å². The molecule has 104 valence electrons. The van der Waals surface area contributed by atoms with Gasteiger partial charge in [-0.15, -0.1) is 0 Å². The van der Waals surface area contributed by atoms with Gasteiger partial charge in [-0.05, 0) is 39.2 Å². The lowest BCUT2D eigenvalue weighted by atomic mass is 10.1. The Kier molecular flexibility index (Phi) is 4.40. The van der Waals surface area contributed by atoms with Crippen LogP contribution < -0.4 is 10.6 Å². The second kappa shape index (κ2) is 5.87. The summed E-state index contributed by atoms with van der Waals surface area (Å²) in [4.78, 5) is 7.45. The predicted molar refractivity (Wildman–Crippen MR) is 84.9 cm³/mol. The fourth-order valence-electron chi connectivity index (χ4n) is 2.55. The van der Waals surface area contributed by atoms with E-state index in [2.05, 4.69) is 22.9 Å². The van der Waals surface area contributed by atoms with E-state index in [0.717, 1.165) is 23.5 Å². The fourth-order valence-corrected chi connectivity index (χ4v) is 2.81. The molecule has 0 saturated heterocycles. The van der Waals surface area contributed by atoms with Gasteiger partial charge < -0.3 is 10.6 Å². The highest BCUT2D eigenvalue weighted by Crippen LogP contribution is 2.35. The molecule has 0 amide bonds. The number of aryl methyl sites for hydroxylation is 2. The maximum absolute atomic E-state index is 5.92. The standard InChI is InChI=1S/C15H23N3S/c1-4-5-8-18(12-6-7-12)13-9-10(2)17-11(3)14(13)15(16)19/h9,12H,4-8H2,1-3H3,(H2,16,19). The van der Waals surface area contributed by atoms with Gasteiger partial charge in [-0.1, -0.05) is 25.6 Å². The number of pyridine rings is 1. The average molecular weight is 277 g/mol. The molecular weight excluding hydrogens is 254 g/mol. The minimum Gasteiger partial charge on any atom is -0.389 e. The summed E-state index contributed by atoms with van der Waals surface area (Å²) in [5.74, 6) is 0. The van der Waals surface area contributed by atoms with Gasteiger partial charge in [0.1, 0.15) is 4.99 Å². The van der Waals surface area contributed by atoms with E-state index >= 15 is 0 Å². The largest absolute Gasteiger partial charge is 0.389 e. The lowest BCUT2D eigenvalue weighted by Gasteiger charge is -2.28. The quantitative estimate of drug-likeness (QED) is 0.811. The van der Waals surface area contributed by atoms with Gasteiger partial charge in [0.25, 0.3) is 0 Å². The van der Waals surface area contributed by atoms with Gasteiger partial charge in [-0.2, -0.15) is 0 Å². The van der Waals surface area contributed by atoms with Crippen LogP contribution in [-0.2, 0) is 0 Å². The van der Waals surface area contributed by atoms with Gasteiger partial charge >= 0.3 is 0 Å². The number of unbranched alkanes of at least 4 members (excludes halogenated alkanes) is 1. The zero-order valence-electron chi connectivity index (χ0n) is 12.1. The smallest absolute Gasteiger partial charge is 0.107 e. The van der Waals surface area contributed by atoms with Crippen LogP contribution in [0, 0.1) is 13.8 Å². The van der Waals surface area contributed by atoms with E-state index in [9.17, 15) is 0 Å². The molecule has 1 aliphatic carbocycles. The molecule has 2 rings (SSSR count). The van der Waals surface area contributed by atoms with Gasteiger partial charge in [-0.25, -0.2) is 0 Å². The first-order chi connectivity index (χ1) is 9.04. The highest BCUT2D eigenvalue weighted by atomic mass is 32.1. The second-order valence-corrected chi connectivity index (χ2v) is 5.83. The van der Waals surface area contributed by atoms with Crippen molar-refractivity contribution >= 4 is 22.9 Å². The fraction of sp³-hybridized carbons (Fsp3) is 0.600. The highest BCUT2D eigenvalue weighted by molar-refractivity contribution is 7.80. The Balaban J connectivity index is 2.42. The van der Waals surface area contributed by atoms with Gasteiger partial charge in [0.2, 0.25) is 0 Å². The van der Waals surface area contributed by atoms with E-state index in [1.807, 2.05) is 13.8 Å². The van der Waals surface area contributed by atoms with E-state index in [0.29, 0.717) is 11.0 Å². The van der Waals surface area contributed by atoms with Crippen LogP contribution in [0.2, 0.25) is 0 Å². The van der Waals surface area contributed by atoms with Gasteiger partial charge in [0, 0.05) is 24.0 Å². The zero-order chi connectivity index (χ0) is 14.0. The van der Waals surface area contributed by atoms with Crippen molar-refractivity contribution < 1.29 is 0 Å². The number of aromatic nitrogens is 1. The Morgan fingerprint density at radius 2 is 2.16 bits per heavy atom. The number of anilines is 1. The van der Waals surface area contributed by atoms with Crippen molar-refractivity contribution in [2.24, 2.45) is 5.73 Å². The van der Waals surface area contributed by atoms with Crippen LogP contribution in [0.1, 0.15) is 49.6 Å². The summed E-state index contributed by atoms with van der Waals surface area (Å²) in [6.45, 7) is 7.34.